The van der Waals surface area contributed by atoms with Gasteiger partial charge in [0.1, 0.15) is 0 Å². The summed E-state index contributed by atoms with van der Waals surface area (Å²) in [6.45, 7) is 2.40. The van der Waals surface area contributed by atoms with Gasteiger partial charge in [-0.3, -0.25) is 0 Å². The van der Waals surface area contributed by atoms with E-state index in [1.807, 2.05) is 0 Å². The molecule has 0 bridgehead atoms. The van der Waals surface area contributed by atoms with E-state index in [9.17, 15) is 0 Å². The van der Waals surface area contributed by atoms with E-state index in [1.54, 1.807) is 38.5 Å². The van der Waals surface area contributed by atoms with Crippen molar-refractivity contribution in [2.24, 2.45) is 35.5 Å². The maximum absolute atomic E-state index is 2.81. The second-order valence-corrected chi connectivity index (χ2v) is 19.7. The quantitative estimate of drug-likeness (QED) is 0.285. The Balaban J connectivity index is 1.03. The molecule has 10 aliphatic rings. The molecule has 1 nitrogen and oxygen atoms in total. The lowest BCUT2D eigenvalue weighted by Crippen LogP contribution is -2.56. The van der Waals surface area contributed by atoms with Crippen LogP contribution in [0.2, 0.25) is 0 Å². The van der Waals surface area contributed by atoms with Crippen molar-refractivity contribution < 1.29 is 0 Å². The Morgan fingerprint density at radius 1 is 0.849 bits per heavy atom. The third-order valence-corrected chi connectivity index (χ3v) is 17.1. The molecule has 1 aromatic rings. The molecular weight excluding hydrogens is 679 g/mol. The molecule has 1 aromatic carbocycles. The van der Waals surface area contributed by atoms with Gasteiger partial charge < -0.3 is 4.90 Å². The molecule has 10 atom stereocenters. The summed E-state index contributed by atoms with van der Waals surface area (Å²) in [6.07, 6.45) is 53.7. The van der Waals surface area contributed by atoms with Crippen LogP contribution in [0.3, 0.4) is 0 Å². The van der Waals surface area contributed by atoms with E-state index in [4.69, 9.17) is 0 Å². The highest BCUT2D eigenvalue weighted by atomic mass is 32.2. The van der Waals surface area contributed by atoms with Gasteiger partial charge >= 0.3 is 0 Å². The van der Waals surface area contributed by atoms with Crippen molar-refractivity contribution in [2.75, 3.05) is 0 Å². The van der Waals surface area contributed by atoms with Crippen molar-refractivity contribution in [3.8, 4) is 0 Å². The van der Waals surface area contributed by atoms with Crippen LogP contribution in [-0.4, -0.2) is 21.4 Å². The molecule has 7 aliphatic carbocycles. The monoisotopic (exact) mass is 729 g/mol. The third-order valence-electron chi connectivity index (χ3n) is 14.3. The van der Waals surface area contributed by atoms with Gasteiger partial charge in [-0.05, 0) is 115 Å². The van der Waals surface area contributed by atoms with Crippen molar-refractivity contribution in [2.45, 2.75) is 91.6 Å². The first kappa shape index (κ1) is 33.0. The number of hydrogen-bond donors (Lipinski definition) is 0. The second kappa shape index (κ2) is 13.1. The molecule has 10 unspecified atom stereocenters. The molecule has 3 heterocycles. The molecule has 0 amide bonds. The van der Waals surface area contributed by atoms with Crippen molar-refractivity contribution in [3.63, 3.8) is 0 Å². The minimum atomic E-state index is -0.0613. The first-order chi connectivity index (χ1) is 26.2. The normalized spacial score (nSPS) is 38.8. The SMILES string of the molecule is CC1C=CCC(C2=CC3C(C=C2)SC2CCC=CC2C32C3=C(CC(C4=CC=CC5C6=C(CCC=C6)N(C6=CCCC=C6)C45)C=C3)Sc3ccccc32)C1. The molecule has 11 rings (SSSR count). The molecule has 3 aliphatic heterocycles. The molecule has 1 fully saturated rings. The number of hydrogen-bond acceptors (Lipinski definition) is 3. The molecule has 1 spiro atoms. The van der Waals surface area contributed by atoms with Gasteiger partial charge in [0.2, 0.25) is 0 Å². The first-order valence-electron chi connectivity index (χ1n) is 20.7. The maximum Gasteiger partial charge on any atom is 0.0661 e. The number of fused-ring (bicyclic) bond motifs is 9. The fourth-order valence-electron chi connectivity index (χ4n) is 12.1. The van der Waals surface area contributed by atoms with Gasteiger partial charge in [-0.2, -0.15) is 0 Å². The summed E-state index contributed by atoms with van der Waals surface area (Å²) >= 11 is 4.40. The largest absolute Gasteiger partial charge is 0.337 e. The van der Waals surface area contributed by atoms with Crippen LogP contribution in [0.1, 0.15) is 70.3 Å². The van der Waals surface area contributed by atoms with E-state index in [1.165, 1.54) is 36.3 Å². The van der Waals surface area contributed by atoms with E-state index >= 15 is 0 Å². The van der Waals surface area contributed by atoms with Crippen molar-refractivity contribution >= 4 is 23.5 Å². The van der Waals surface area contributed by atoms with Crippen LogP contribution in [0.5, 0.6) is 0 Å². The number of thioether (sulfide) groups is 2. The van der Waals surface area contributed by atoms with Gasteiger partial charge in [0, 0.05) is 55.9 Å². The Labute approximate surface area is 325 Å². The number of allylic oxidation sites excluding steroid dienone is 19. The predicted molar refractivity (Wildman–Crippen MR) is 225 cm³/mol. The fourth-order valence-corrected chi connectivity index (χ4v) is 15.2. The van der Waals surface area contributed by atoms with Gasteiger partial charge in [-0.15, -0.1) is 11.8 Å². The standard InChI is InChI=1S/C50H51NS2/c1-32-13-11-14-33(29-32)34-26-28-47-43(30-34)50(40-20-6-9-23-45(40)52-47)41-21-7-10-24-46(41)53-48-31-35(25-27-42(48)50)37-18-12-19-39-38-17-5-8-22-44(38)51(49(37)39)36-15-3-2-4-16-36/h3,5-7,10-13,15-21,24-28,30,32-33,35,39-40,43,45,47,49H,2,4,8-9,14,22-23,29,31H2,1H3. The highest BCUT2D eigenvalue weighted by Gasteiger charge is 2.60. The highest BCUT2D eigenvalue weighted by Crippen LogP contribution is 2.67. The van der Waals surface area contributed by atoms with Gasteiger partial charge in [0.15, 0.2) is 0 Å². The predicted octanol–water partition coefficient (Wildman–Crippen LogP) is 12.7. The fraction of sp³-hybridized carbons (Fsp3) is 0.400. The minimum absolute atomic E-state index is 0.0613. The average molecular weight is 730 g/mol. The Hall–Kier alpha value is -3.40. The van der Waals surface area contributed by atoms with E-state index in [-0.39, 0.29) is 5.41 Å². The summed E-state index contributed by atoms with van der Waals surface area (Å²) in [5.74, 6) is 3.02. The summed E-state index contributed by atoms with van der Waals surface area (Å²) in [4.78, 5) is 5.91. The van der Waals surface area contributed by atoms with Crippen LogP contribution in [0.25, 0.3) is 0 Å². The number of rotatable bonds is 3. The van der Waals surface area contributed by atoms with E-state index in [0.717, 1.165) is 32.1 Å². The van der Waals surface area contributed by atoms with Crippen LogP contribution in [0.15, 0.2) is 171 Å². The van der Waals surface area contributed by atoms with Crippen LogP contribution in [0, 0.1) is 35.5 Å². The molecule has 53 heavy (non-hydrogen) atoms. The lowest BCUT2D eigenvalue weighted by molar-refractivity contribution is 0.251. The molecular formula is C50H51NS2. The molecule has 0 N–H and O–H groups in total. The lowest BCUT2D eigenvalue weighted by Gasteiger charge is -2.59. The highest BCUT2D eigenvalue weighted by molar-refractivity contribution is 8.03. The van der Waals surface area contributed by atoms with E-state index in [0.29, 0.717) is 52.0 Å². The van der Waals surface area contributed by atoms with E-state index < -0.39 is 0 Å². The zero-order valence-corrected chi connectivity index (χ0v) is 32.6. The summed E-state index contributed by atoms with van der Waals surface area (Å²) in [6, 6.07) is 9.98. The van der Waals surface area contributed by atoms with Crippen LogP contribution in [0.4, 0.5) is 0 Å². The van der Waals surface area contributed by atoms with Gasteiger partial charge in [-0.1, -0.05) is 134 Å². The Morgan fingerprint density at radius 2 is 1.79 bits per heavy atom. The zero-order chi connectivity index (χ0) is 35.1. The van der Waals surface area contributed by atoms with Crippen molar-refractivity contribution in [1.29, 1.82) is 0 Å². The Bertz CT molecular complexity index is 2110. The summed E-state index contributed by atoms with van der Waals surface area (Å²) in [5, 5.41) is 1.14. The molecule has 0 saturated carbocycles. The lowest BCUT2D eigenvalue weighted by atomic mass is 9.53. The molecule has 1 saturated heterocycles. The molecule has 3 heteroatoms. The number of benzene rings is 1. The minimum Gasteiger partial charge on any atom is -0.337 e. The molecule has 0 radical (unpaired) electrons. The van der Waals surface area contributed by atoms with Crippen LogP contribution < -0.4 is 0 Å². The van der Waals surface area contributed by atoms with Gasteiger partial charge in [0.05, 0.1) is 6.04 Å². The van der Waals surface area contributed by atoms with Gasteiger partial charge in [0.25, 0.3) is 0 Å². The topological polar surface area (TPSA) is 3.24 Å². The smallest absolute Gasteiger partial charge is 0.0661 e. The van der Waals surface area contributed by atoms with E-state index in [2.05, 4.69) is 163 Å². The van der Waals surface area contributed by atoms with Crippen molar-refractivity contribution in [3.05, 3.63) is 172 Å². The van der Waals surface area contributed by atoms with Crippen LogP contribution >= 0.6 is 23.5 Å². The number of nitrogens with zero attached hydrogens (tertiary/aromatic N) is 1. The summed E-state index contributed by atoms with van der Waals surface area (Å²) in [7, 11) is 0. The van der Waals surface area contributed by atoms with Crippen LogP contribution in [-0.2, 0) is 5.41 Å². The molecule has 0 aromatic heterocycles. The average Bonchev–Trinajstić information content (AvgIpc) is 3.55. The third kappa shape index (κ3) is 5.12. The Kier molecular flexibility index (Phi) is 8.17. The Morgan fingerprint density at radius 3 is 2.72 bits per heavy atom. The summed E-state index contributed by atoms with van der Waals surface area (Å²) < 4.78 is 0. The second-order valence-electron chi connectivity index (χ2n) is 17.1. The first-order valence-corrected chi connectivity index (χ1v) is 22.5. The van der Waals surface area contributed by atoms with Gasteiger partial charge in [-0.25, -0.2) is 0 Å². The molecule has 268 valence electrons. The maximum atomic E-state index is 2.81. The zero-order valence-electron chi connectivity index (χ0n) is 30.9. The van der Waals surface area contributed by atoms with Crippen molar-refractivity contribution in [1.82, 2.24) is 4.90 Å². The summed E-state index contributed by atoms with van der Waals surface area (Å²) in [5.41, 5.74) is 10.9.